The maximum Gasteiger partial charge on any atom is 0.293 e. The van der Waals surface area contributed by atoms with Crippen LogP contribution in [0.15, 0.2) is 66.7 Å². The van der Waals surface area contributed by atoms with Gasteiger partial charge in [-0.1, -0.05) is 36.4 Å². The van der Waals surface area contributed by atoms with Gasteiger partial charge in [0, 0.05) is 30.9 Å². The van der Waals surface area contributed by atoms with Crippen molar-refractivity contribution in [2.75, 3.05) is 18.0 Å². The summed E-state index contributed by atoms with van der Waals surface area (Å²) in [4.78, 5) is 13.2. The minimum absolute atomic E-state index is 0.202. The van der Waals surface area contributed by atoms with Crippen molar-refractivity contribution >= 4 is 12.2 Å². The molecule has 5 rings (SSSR count). The molecule has 2 aliphatic rings. The Kier molecular flexibility index (Phi) is 6.82. The number of nitrogens with two attached hydrogens (primary N) is 1. The van der Waals surface area contributed by atoms with Gasteiger partial charge < -0.3 is 20.1 Å². The number of rotatable bonds is 9. The summed E-state index contributed by atoms with van der Waals surface area (Å²) in [7, 11) is 0. The SMILES string of the molecule is NCc1cccc(-c2cc(COc3ccccc3COC=O)cc(N3CC4CCC(C4)C3)c2)c1. The highest BCUT2D eigenvalue weighted by Gasteiger charge is 2.33. The maximum atomic E-state index is 10.6. The molecule has 0 amide bonds. The molecule has 2 N–H and O–H groups in total. The van der Waals surface area contributed by atoms with E-state index in [2.05, 4.69) is 47.4 Å². The zero-order chi connectivity index (χ0) is 23.3. The predicted octanol–water partition coefficient (Wildman–Crippen LogP) is 5.30. The van der Waals surface area contributed by atoms with Crippen molar-refractivity contribution < 1.29 is 14.3 Å². The molecule has 3 aromatic rings. The van der Waals surface area contributed by atoms with E-state index >= 15 is 0 Å². The Bertz CT molecular complexity index is 1130. The number of nitrogens with zero attached hydrogens (tertiary/aromatic N) is 1. The van der Waals surface area contributed by atoms with E-state index < -0.39 is 0 Å². The Balaban J connectivity index is 1.44. The second-order valence-corrected chi connectivity index (χ2v) is 9.55. The van der Waals surface area contributed by atoms with Crippen LogP contribution in [0.4, 0.5) is 5.69 Å². The van der Waals surface area contributed by atoms with E-state index in [1.807, 2.05) is 24.3 Å². The van der Waals surface area contributed by atoms with Crippen LogP contribution in [-0.2, 0) is 29.3 Å². The van der Waals surface area contributed by atoms with Crippen molar-refractivity contribution in [1.29, 1.82) is 0 Å². The summed E-state index contributed by atoms with van der Waals surface area (Å²) in [5.74, 6) is 2.36. The van der Waals surface area contributed by atoms with E-state index in [0.717, 1.165) is 47.4 Å². The quantitative estimate of drug-likeness (QED) is 0.443. The van der Waals surface area contributed by atoms with Crippen molar-refractivity contribution in [3.8, 4) is 16.9 Å². The third kappa shape index (κ3) is 5.10. The van der Waals surface area contributed by atoms with Gasteiger partial charge in [-0.15, -0.1) is 0 Å². The largest absolute Gasteiger partial charge is 0.488 e. The molecule has 176 valence electrons. The van der Waals surface area contributed by atoms with E-state index in [1.54, 1.807) is 0 Å². The van der Waals surface area contributed by atoms with Crippen LogP contribution in [0.5, 0.6) is 5.75 Å². The van der Waals surface area contributed by atoms with Crippen LogP contribution in [0.1, 0.15) is 36.0 Å². The standard InChI is InChI=1S/C29H32N2O3/c30-15-21-4-3-6-25(11-21)27-12-24(18-34-29-7-2-1-5-26(29)19-33-20-32)13-28(14-27)31-16-22-8-9-23(10-22)17-31/h1-7,11-14,20,22-23H,8-10,15-19,30H2. The molecule has 3 aromatic carbocycles. The summed E-state index contributed by atoms with van der Waals surface area (Å²) in [5.41, 5.74) is 12.6. The lowest BCUT2D eigenvalue weighted by molar-refractivity contribution is -0.129. The fraction of sp³-hybridized carbons (Fsp3) is 0.345. The molecule has 0 aromatic heterocycles. The molecule has 2 atom stereocenters. The lowest BCUT2D eigenvalue weighted by atomic mass is 9.96. The molecule has 0 spiro atoms. The summed E-state index contributed by atoms with van der Waals surface area (Å²) in [6.07, 6.45) is 4.09. The fourth-order valence-corrected chi connectivity index (χ4v) is 5.45. The molecule has 2 unspecified atom stereocenters. The fourth-order valence-electron chi connectivity index (χ4n) is 5.45. The molecule has 1 aliphatic heterocycles. The summed E-state index contributed by atoms with van der Waals surface area (Å²) in [6, 6.07) is 23.0. The van der Waals surface area contributed by atoms with Crippen LogP contribution in [0, 0.1) is 11.8 Å². The van der Waals surface area contributed by atoms with Crippen LogP contribution < -0.4 is 15.4 Å². The van der Waals surface area contributed by atoms with E-state index in [9.17, 15) is 4.79 Å². The van der Waals surface area contributed by atoms with Gasteiger partial charge in [-0.2, -0.15) is 0 Å². The molecule has 1 aliphatic carbocycles. The zero-order valence-electron chi connectivity index (χ0n) is 19.5. The normalized spacial score (nSPS) is 19.1. The summed E-state index contributed by atoms with van der Waals surface area (Å²) in [5, 5.41) is 0. The first-order chi connectivity index (χ1) is 16.7. The Morgan fingerprint density at radius 3 is 2.47 bits per heavy atom. The average molecular weight is 457 g/mol. The number of fused-ring (bicyclic) bond motifs is 2. The molecule has 5 heteroatoms. The van der Waals surface area contributed by atoms with Crippen molar-refractivity contribution in [3.63, 3.8) is 0 Å². The number of para-hydroxylation sites is 1. The van der Waals surface area contributed by atoms with Gasteiger partial charge in [-0.3, -0.25) is 4.79 Å². The van der Waals surface area contributed by atoms with Crippen LogP contribution in [0.2, 0.25) is 0 Å². The molecule has 0 radical (unpaired) electrons. The smallest absolute Gasteiger partial charge is 0.293 e. The predicted molar refractivity (Wildman–Crippen MR) is 134 cm³/mol. The first kappa shape index (κ1) is 22.5. The first-order valence-corrected chi connectivity index (χ1v) is 12.2. The highest BCUT2D eigenvalue weighted by Crippen LogP contribution is 2.39. The second-order valence-electron chi connectivity index (χ2n) is 9.55. The van der Waals surface area contributed by atoms with Crippen molar-refractivity contribution in [2.45, 2.75) is 39.0 Å². The van der Waals surface area contributed by atoms with Gasteiger partial charge in [0.05, 0.1) is 0 Å². The number of benzene rings is 3. The van der Waals surface area contributed by atoms with Gasteiger partial charge >= 0.3 is 0 Å². The van der Waals surface area contributed by atoms with Crippen LogP contribution in [0.25, 0.3) is 11.1 Å². The number of ether oxygens (including phenoxy) is 2. The molecule has 1 saturated carbocycles. The summed E-state index contributed by atoms with van der Waals surface area (Å²) >= 11 is 0. The van der Waals surface area contributed by atoms with E-state index in [-0.39, 0.29) is 6.61 Å². The third-order valence-corrected chi connectivity index (χ3v) is 7.12. The first-order valence-electron chi connectivity index (χ1n) is 12.2. The van der Waals surface area contributed by atoms with E-state index in [4.69, 9.17) is 15.2 Å². The Hall–Kier alpha value is -3.31. The van der Waals surface area contributed by atoms with Crippen LogP contribution >= 0.6 is 0 Å². The van der Waals surface area contributed by atoms with Crippen molar-refractivity contribution in [3.05, 3.63) is 83.4 Å². The minimum Gasteiger partial charge on any atom is -0.488 e. The van der Waals surface area contributed by atoms with Crippen LogP contribution in [0.3, 0.4) is 0 Å². The number of hydrogen-bond acceptors (Lipinski definition) is 5. The molecule has 5 nitrogen and oxygen atoms in total. The molecular formula is C29H32N2O3. The number of hydrogen-bond donors (Lipinski definition) is 1. The molecule has 1 saturated heterocycles. The minimum atomic E-state index is 0.202. The van der Waals surface area contributed by atoms with Gasteiger partial charge in [-0.25, -0.2) is 0 Å². The lowest BCUT2D eigenvalue weighted by Crippen LogP contribution is -2.36. The third-order valence-electron chi connectivity index (χ3n) is 7.12. The van der Waals surface area contributed by atoms with Crippen LogP contribution in [-0.4, -0.2) is 19.6 Å². The lowest BCUT2D eigenvalue weighted by Gasteiger charge is -2.34. The second kappa shape index (κ2) is 10.3. The molecular weight excluding hydrogens is 424 g/mol. The van der Waals surface area contributed by atoms with Gasteiger partial charge in [0.15, 0.2) is 0 Å². The molecule has 34 heavy (non-hydrogen) atoms. The number of carbonyl (C=O) groups excluding carboxylic acids is 1. The molecule has 2 bridgehead atoms. The Labute approximate surface area is 201 Å². The van der Waals surface area contributed by atoms with Gasteiger partial charge in [0.25, 0.3) is 6.47 Å². The van der Waals surface area contributed by atoms with Gasteiger partial charge in [0.1, 0.15) is 19.0 Å². The Morgan fingerprint density at radius 1 is 0.882 bits per heavy atom. The number of anilines is 1. The van der Waals surface area contributed by atoms with Gasteiger partial charge in [0.2, 0.25) is 0 Å². The molecule has 2 fully saturated rings. The highest BCUT2D eigenvalue weighted by molar-refractivity contribution is 5.70. The van der Waals surface area contributed by atoms with E-state index in [0.29, 0.717) is 19.6 Å². The topological polar surface area (TPSA) is 64.8 Å². The van der Waals surface area contributed by atoms with Gasteiger partial charge in [-0.05, 0) is 83.7 Å². The number of carbonyl (C=O) groups is 1. The monoisotopic (exact) mass is 456 g/mol. The number of piperidine rings is 1. The van der Waals surface area contributed by atoms with E-state index in [1.165, 1.54) is 36.1 Å². The van der Waals surface area contributed by atoms with Crippen molar-refractivity contribution in [2.24, 2.45) is 17.6 Å². The van der Waals surface area contributed by atoms with Crippen molar-refractivity contribution in [1.82, 2.24) is 0 Å². The maximum absolute atomic E-state index is 10.6. The zero-order valence-corrected chi connectivity index (χ0v) is 19.5. The summed E-state index contributed by atoms with van der Waals surface area (Å²) in [6.45, 7) is 3.90. The highest BCUT2D eigenvalue weighted by atomic mass is 16.5. The Morgan fingerprint density at radius 2 is 1.68 bits per heavy atom. The summed E-state index contributed by atoms with van der Waals surface area (Å²) < 4.78 is 11.2. The molecule has 1 heterocycles. The average Bonchev–Trinajstić information content (AvgIpc) is 3.23.